The molecule has 0 aliphatic rings. The molecule has 0 unspecified atom stereocenters. The van der Waals surface area contributed by atoms with E-state index in [0.29, 0.717) is 18.0 Å². The van der Waals surface area contributed by atoms with E-state index >= 15 is 0 Å². The summed E-state index contributed by atoms with van der Waals surface area (Å²) in [7, 11) is 5.15. The molecular formula is C17H23N3O3. The zero-order valence-electron chi connectivity index (χ0n) is 13.9. The van der Waals surface area contributed by atoms with Crippen LogP contribution in [0.3, 0.4) is 0 Å². The van der Waals surface area contributed by atoms with Crippen LogP contribution in [0, 0.1) is 0 Å². The standard InChI is InChI=1S/C17H23N3O3/c1-12(15-6-5-14(22-3)9-16(15)23-4)19-17(21)18-10-13-7-8-20(2)11-13/h5-9,11-12H,10H2,1-4H3,(H2,18,19,21)/t12-/m1/s1. The fourth-order valence-electron chi connectivity index (χ4n) is 2.35. The van der Waals surface area contributed by atoms with Crippen molar-refractivity contribution in [3.05, 3.63) is 47.8 Å². The van der Waals surface area contributed by atoms with Gasteiger partial charge in [0.05, 0.1) is 20.3 Å². The van der Waals surface area contributed by atoms with Crippen LogP contribution in [0.25, 0.3) is 0 Å². The monoisotopic (exact) mass is 317 g/mol. The molecule has 0 saturated heterocycles. The predicted molar refractivity (Wildman–Crippen MR) is 88.7 cm³/mol. The molecule has 2 rings (SSSR count). The number of ether oxygens (including phenoxy) is 2. The highest BCUT2D eigenvalue weighted by molar-refractivity contribution is 5.74. The van der Waals surface area contributed by atoms with E-state index in [1.54, 1.807) is 20.3 Å². The maximum absolute atomic E-state index is 12.0. The lowest BCUT2D eigenvalue weighted by molar-refractivity contribution is 0.237. The summed E-state index contributed by atoms with van der Waals surface area (Å²) in [5.41, 5.74) is 1.94. The van der Waals surface area contributed by atoms with E-state index in [4.69, 9.17) is 9.47 Å². The molecule has 6 nitrogen and oxygen atoms in total. The number of hydrogen-bond donors (Lipinski definition) is 2. The molecule has 0 saturated carbocycles. The van der Waals surface area contributed by atoms with Gasteiger partial charge >= 0.3 is 6.03 Å². The highest BCUT2D eigenvalue weighted by Crippen LogP contribution is 2.29. The predicted octanol–water partition coefficient (Wildman–Crippen LogP) is 2.60. The lowest BCUT2D eigenvalue weighted by Crippen LogP contribution is -2.36. The quantitative estimate of drug-likeness (QED) is 0.861. The van der Waals surface area contributed by atoms with Crippen molar-refractivity contribution in [3.8, 4) is 11.5 Å². The van der Waals surface area contributed by atoms with Crippen molar-refractivity contribution in [3.63, 3.8) is 0 Å². The van der Waals surface area contributed by atoms with Crippen LogP contribution in [0.2, 0.25) is 0 Å². The van der Waals surface area contributed by atoms with Gasteiger partial charge in [0.15, 0.2) is 0 Å². The molecular weight excluding hydrogens is 294 g/mol. The third kappa shape index (κ3) is 4.42. The van der Waals surface area contributed by atoms with Crippen molar-refractivity contribution in [1.82, 2.24) is 15.2 Å². The SMILES string of the molecule is COc1ccc([C@@H](C)NC(=O)NCc2ccn(C)c2)c(OC)c1. The first-order valence-electron chi connectivity index (χ1n) is 7.40. The first kappa shape index (κ1) is 16.7. The Morgan fingerprint density at radius 1 is 1.26 bits per heavy atom. The third-order valence-electron chi connectivity index (χ3n) is 3.60. The molecule has 0 aliphatic carbocycles. The Morgan fingerprint density at radius 2 is 2.04 bits per heavy atom. The Bertz CT molecular complexity index is 667. The number of urea groups is 1. The van der Waals surface area contributed by atoms with Gasteiger partial charge in [0.25, 0.3) is 0 Å². The van der Waals surface area contributed by atoms with Crippen LogP contribution in [0.1, 0.15) is 24.1 Å². The molecule has 2 N–H and O–H groups in total. The molecule has 1 aromatic carbocycles. The van der Waals surface area contributed by atoms with Gasteiger partial charge in [-0.2, -0.15) is 0 Å². The number of nitrogens with one attached hydrogen (secondary N) is 2. The average Bonchev–Trinajstić information content (AvgIpc) is 2.97. The normalized spacial score (nSPS) is 11.7. The van der Waals surface area contributed by atoms with Gasteiger partial charge in [-0.05, 0) is 30.7 Å². The number of aromatic nitrogens is 1. The fraction of sp³-hybridized carbons (Fsp3) is 0.353. The van der Waals surface area contributed by atoms with E-state index < -0.39 is 0 Å². The Balaban J connectivity index is 1.95. The molecule has 1 atom stereocenters. The van der Waals surface area contributed by atoms with Gasteiger partial charge in [-0.3, -0.25) is 0 Å². The van der Waals surface area contributed by atoms with Crippen LogP contribution >= 0.6 is 0 Å². The zero-order valence-corrected chi connectivity index (χ0v) is 13.9. The van der Waals surface area contributed by atoms with Crippen LogP contribution in [0.15, 0.2) is 36.7 Å². The topological polar surface area (TPSA) is 64.5 Å². The number of amides is 2. The zero-order chi connectivity index (χ0) is 16.8. The maximum Gasteiger partial charge on any atom is 0.315 e. The van der Waals surface area contributed by atoms with E-state index in [-0.39, 0.29) is 12.1 Å². The summed E-state index contributed by atoms with van der Waals surface area (Å²) in [5.74, 6) is 1.39. The highest BCUT2D eigenvalue weighted by atomic mass is 16.5. The third-order valence-corrected chi connectivity index (χ3v) is 3.60. The van der Waals surface area contributed by atoms with Crippen molar-refractivity contribution < 1.29 is 14.3 Å². The van der Waals surface area contributed by atoms with Crippen LogP contribution < -0.4 is 20.1 Å². The maximum atomic E-state index is 12.0. The molecule has 0 fully saturated rings. The molecule has 124 valence electrons. The Morgan fingerprint density at radius 3 is 2.65 bits per heavy atom. The first-order chi connectivity index (χ1) is 11.0. The summed E-state index contributed by atoms with van der Waals surface area (Å²) in [6, 6.07) is 7.09. The molecule has 0 bridgehead atoms. The molecule has 2 aromatic rings. The first-order valence-corrected chi connectivity index (χ1v) is 7.40. The molecule has 2 amide bonds. The summed E-state index contributed by atoms with van der Waals surface area (Å²) in [4.78, 5) is 12.0. The van der Waals surface area contributed by atoms with Crippen molar-refractivity contribution in [2.24, 2.45) is 7.05 Å². The number of aryl methyl sites for hydroxylation is 1. The van der Waals surface area contributed by atoms with E-state index in [1.807, 2.05) is 49.1 Å². The smallest absolute Gasteiger partial charge is 0.315 e. The number of carbonyl (C=O) groups excluding carboxylic acids is 1. The minimum atomic E-state index is -0.223. The van der Waals surface area contributed by atoms with Gasteiger partial charge in [-0.1, -0.05) is 0 Å². The largest absolute Gasteiger partial charge is 0.497 e. The second kappa shape index (κ2) is 7.58. The lowest BCUT2D eigenvalue weighted by atomic mass is 10.1. The second-order valence-corrected chi connectivity index (χ2v) is 5.34. The van der Waals surface area contributed by atoms with Crippen LogP contribution in [0.5, 0.6) is 11.5 Å². The van der Waals surface area contributed by atoms with Crippen LogP contribution in [-0.4, -0.2) is 24.8 Å². The van der Waals surface area contributed by atoms with Gasteiger partial charge < -0.3 is 24.7 Å². The molecule has 0 spiro atoms. The lowest BCUT2D eigenvalue weighted by Gasteiger charge is -2.18. The summed E-state index contributed by atoms with van der Waals surface area (Å²) < 4.78 is 12.5. The van der Waals surface area contributed by atoms with E-state index in [9.17, 15) is 4.79 Å². The van der Waals surface area contributed by atoms with Crippen molar-refractivity contribution in [2.75, 3.05) is 14.2 Å². The van der Waals surface area contributed by atoms with Gasteiger partial charge in [-0.15, -0.1) is 0 Å². The Kier molecular flexibility index (Phi) is 5.51. The molecule has 1 aromatic heterocycles. The number of nitrogens with zero attached hydrogens (tertiary/aromatic N) is 1. The average molecular weight is 317 g/mol. The van der Waals surface area contributed by atoms with Gasteiger partial charge in [-0.25, -0.2) is 4.79 Å². The summed E-state index contributed by atoms with van der Waals surface area (Å²) >= 11 is 0. The van der Waals surface area contributed by atoms with Gasteiger partial charge in [0.2, 0.25) is 0 Å². The van der Waals surface area contributed by atoms with E-state index in [0.717, 1.165) is 11.1 Å². The molecule has 6 heteroatoms. The summed E-state index contributed by atoms with van der Waals surface area (Å²) in [6.07, 6.45) is 3.91. The minimum absolute atomic E-state index is 0.188. The molecule has 23 heavy (non-hydrogen) atoms. The van der Waals surface area contributed by atoms with Crippen molar-refractivity contribution in [2.45, 2.75) is 19.5 Å². The summed E-state index contributed by atoms with van der Waals surface area (Å²) in [6.45, 7) is 2.39. The van der Waals surface area contributed by atoms with Gasteiger partial charge in [0.1, 0.15) is 11.5 Å². The van der Waals surface area contributed by atoms with Crippen LogP contribution in [0.4, 0.5) is 4.79 Å². The molecule has 0 aliphatic heterocycles. The van der Waals surface area contributed by atoms with E-state index in [1.165, 1.54) is 0 Å². The molecule has 0 radical (unpaired) electrons. The minimum Gasteiger partial charge on any atom is -0.497 e. The van der Waals surface area contributed by atoms with Crippen molar-refractivity contribution >= 4 is 6.03 Å². The van der Waals surface area contributed by atoms with Crippen molar-refractivity contribution in [1.29, 1.82) is 0 Å². The fourth-order valence-corrected chi connectivity index (χ4v) is 2.35. The van der Waals surface area contributed by atoms with Crippen LogP contribution in [-0.2, 0) is 13.6 Å². The Hall–Kier alpha value is -2.63. The van der Waals surface area contributed by atoms with E-state index in [2.05, 4.69) is 10.6 Å². The second-order valence-electron chi connectivity index (χ2n) is 5.34. The Labute approximate surface area is 136 Å². The molecule has 1 heterocycles. The number of hydrogen-bond acceptors (Lipinski definition) is 3. The highest BCUT2D eigenvalue weighted by Gasteiger charge is 2.14. The summed E-state index contributed by atoms with van der Waals surface area (Å²) in [5, 5.41) is 5.75. The number of rotatable bonds is 6. The number of benzene rings is 1. The number of carbonyl (C=O) groups is 1. The van der Waals surface area contributed by atoms with Gasteiger partial charge in [0, 0.05) is 37.6 Å². The number of methoxy groups -OCH3 is 2.